The highest BCUT2D eigenvalue weighted by molar-refractivity contribution is 7.15. The van der Waals surface area contributed by atoms with E-state index in [0.717, 1.165) is 29.8 Å². The van der Waals surface area contributed by atoms with E-state index < -0.39 is 0 Å². The maximum Gasteiger partial charge on any atom is 0.250 e. The maximum absolute atomic E-state index is 12.7. The zero-order chi connectivity index (χ0) is 20.6. The number of thiophene rings is 1. The molecular formula is C22H22N4O3S. The van der Waals surface area contributed by atoms with Gasteiger partial charge in [-0.3, -0.25) is 19.6 Å². The van der Waals surface area contributed by atoms with Crippen LogP contribution in [0.1, 0.15) is 23.3 Å². The van der Waals surface area contributed by atoms with Crippen molar-refractivity contribution in [2.75, 3.05) is 19.7 Å². The number of rotatable bonds is 3. The van der Waals surface area contributed by atoms with E-state index in [1.807, 2.05) is 4.90 Å². The van der Waals surface area contributed by atoms with Crippen LogP contribution in [0.2, 0.25) is 0 Å². The van der Waals surface area contributed by atoms with Crippen LogP contribution in [0.5, 0.6) is 0 Å². The summed E-state index contributed by atoms with van der Waals surface area (Å²) in [6.45, 7) is 2.02. The molecule has 0 N–H and O–H groups in total. The molecule has 5 rings (SSSR count). The monoisotopic (exact) mass is 422 g/mol. The van der Waals surface area contributed by atoms with Gasteiger partial charge < -0.3 is 14.2 Å². The largest absolute Gasteiger partial charge is 0.370 e. The average molecular weight is 423 g/mol. The minimum Gasteiger partial charge on any atom is -0.370 e. The summed E-state index contributed by atoms with van der Waals surface area (Å²) in [5, 5.41) is 0. The molecule has 0 radical (unpaired) electrons. The fraction of sp³-hybridized carbons (Fsp3) is 0.364. The van der Waals surface area contributed by atoms with Gasteiger partial charge in [-0.25, -0.2) is 0 Å². The molecule has 0 atom stereocenters. The fourth-order valence-electron chi connectivity index (χ4n) is 4.34. The quantitative estimate of drug-likeness (QED) is 0.648. The molecule has 1 fully saturated rings. The van der Waals surface area contributed by atoms with Gasteiger partial charge in [0.15, 0.2) is 0 Å². The molecule has 2 aliphatic rings. The van der Waals surface area contributed by atoms with Crippen molar-refractivity contribution in [2.45, 2.75) is 31.4 Å². The predicted molar refractivity (Wildman–Crippen MR) is 113 cm³/mol. The third-order valence-corrected chi connectivity index (χ3v) is 7.17. The van der Waals surface area contributed by atoms with Gasteiger partial charge in [0.2, 0.25) is 5.91 Å². The van der Waals surface area contributed by atoms with Gasteiger partial charge in [0, 0.05) is 49.0 Å². The smallest absolute Gasteiger partial charge is 0.250 e. The number of hydrogen-bond acceptors (Lipinski definition) is 6. The van der Waals surface area contributed by atoms with Gasteiger partial charge in [0.25, 0.3) is 5.56 Å². The van der Waals surface area contributed by atoms with E-state index in [-0.39, 0.29) is 23.6 Å². The third kappa shape index (κ3) is 3.46. The lowest BCUT2D eigenvalue weighted by Gasteiger charge is -2.44. The summed E-state index contributed by atoms with van der Waals surface area (Å²) in [6, 6.07) is 7.12. The molecule has 2 aliphatic heterocycles. The van der Waals surface area contributed by atoms with Gasteiger partial charge in [-0.1, -0.05) is 6.07 Å². The second kappa shape index (κ2) is 7.77. The number of piperidine rings is 1. The summed E-state index contributed by atoms with van der Waals surface area (Å²) in [5.74, 6) is -0.0280. The lowest BCUT2D eigenvalue weighted by molar-refractivity contribution is -0.141. The van der Waals surface area contributed by atoms with Gasteiger partial charge >= 0.3 is 0 Å². The lowest BCUT2D eigenvalue weighted by atomic mass is 9.82. The first-order valence-corrected chi connectivity index (χ1v) is 10.9. The van der Waals surface area contributed by atoms with Crippen molar-refractivity contribution in [3.63, 3.8) is 0 Å². The molecule has 0 aliphatic carbocycles. The Labute approximate surface area is 178 Å². The highest BCUT2D eigenvalue weighted by Crippen LogP contribution is 2.46. The summed E-state index contributed by atoms with van der Waals surface area (Å²) in [7, 11) is 0. The zero-order valence-electron chi connectivity index (χ0n) is 16.5. The minimum atomic E-state index is -0.342. The number of carbonyl (C=O) groups is 1. The number of carbonyl (C=O) groups excluding carboxylic acids is 1. The van der Waals surface area contributed by atoms with Crippen LogP contribution in [0.25, 0.3) is 10.6 Å². The Balaban J connectivity index is 1.33. The van der Waals surface area contributed by atoms with Crippen LogP contribution in [0.4, 0.5) is 0 Å². The third-order valence-electron chi connectivity index (χ3n) is 5.95. The maximum atomic E-state index is 12.7. The molecule has 1 saturated heterocycles. The molecule has 30 heavy (non-hydrogen) atoms. The van der Waals surface area contributed by atoms with E-state index in [9.17, 15) is 9.59 Å². The van der Waals surface area contributed by atoms with Crippen LogP contribution in [0.3, 0.4) is 0 Å². The Morgan fingerprint density at radius 3 is 2.87 bits per heavy atom. The number of fused-ring (bicyclic) bond motifs is 2. The molecule has 0 aromatic carbocycles. The second-order valence-electron chi connectivity index (χ2n) is 7.68. The fourth-order valence-corrected chi connectivity index (χ4v) is 5.53. The summed E-state index contributed by atoms with van der Waals surface area (Å²) in [4.78, 5) is 37.6. The molecule has 3 aromatic heterocycles. The number of amides is 1. The summed E-state index contributed by atoms with van der Waals surface area (Å²) in [5.41, 5.74) is 1.62. The van der Waals surface area contributed by atoms with Crippen molar-refractivity contribution in [2.24, 2.45) is 0 Å². The summed E-state index contributed by atoms with van der Waals surface area (Å²) < 4.78 is 7.78. The van der Waals surface area contributed by atoms with Gasteiger partial charge in [-0.2, -0.15) is 0 Å². The Morgan fingerprint density at radius 2 is 2.10 bits per heavy atom. The molecule has 0 bridgehead atoms. The minimum absolute atomic E-state index is 0.0280. The lowest BCUT2D eigenvalue weighted by Crippen LogP contribution is -2.49. The van der Waals surface area contributed by atoms with Crippen LogP contribution in [-0.2, 0) is 28.1 Å². The van der Waals surface area contributed by atoms with Crippen molar-refractivity contribution in [3.8, 4) is 10.6 Å². The van der Waals surface area contributed by atoms with Crippen molar-refractivity contribution >= 4 is 17.2 Å². The molecule has 0 saturated carbocycles. The molecule has 5 heterocycles. The molecule has 7 nitrogen and oxygen atoms in total. The Bertz CT molecular complexity index is 1120. The first-order valence-electron chi connectivity index (χ1n) is 10.1. The number of likely N-dealkylation sites (tertiary alicyclic amines) is 1. The van der Waals surface area contributed by atoms with Gasteiger partial charge in [-0.15, -0.1) is 11.3 Å². The Morgan fingerprint density at radius 1 is 1.23 bits per heavy atom. The number of ether oxygens (including phenoxy) is 1. The molecule has 154 valence electrons. The van der Waals surface area contributed by atoms with E-state index >= 15 is 0 Å². The van der Waals surface area contributed by atoms with E-state index in [1.165, 1.54) is 21.1 Å². The highest BCUT2D eigenvalue weighted by Gasteiger charge is 2.42. The normalized spacial score (nSPS) is 17.7. The molecule has 1 spiro atoms. The average Bonchev–Trinajstić information content (AvgIpc) is 3.23. The van der Waals surface area contributed by atoms with Crippen molar-refractivity contribution in [1.29, 1.82) is 0 Å². The second-order valence-corrected chi connectivity index (χ2v) is 8.82. The molecule has 1 amide bonds. The van der Waals surface area contributed by atoms with Crippen LogP contribution >= 0.6 is 11.3 Å². The van der Waals surface area contributed by atoms with E-state index in [0.29, 0.717) is 19.7 Å². The van der Waals surface area contributed by atoms with Crippen molar-refractivity contribution in [3.05, 3.63) is 69.8 Å². The number of hydrogen-bond donors (Lipinski definition) is 0. The molecule has 0 unspecified atom stereocenters. The predicted octanol–water partition coefficient (Wildman–Crippen LogP) is 2.46. The Kier molecular flexibility index (Phi) is 4.96. The topological polar surface area (TPSA) is 77.3 Å². The summed E-state index contributed by atoms with van der Waals surface area (Å²) in [6.07, 6.45) is 9.25. The number of nitrogens with zero attached hydrogens (tertiary/aromatic N) is 4. The van der Waals surface area contributed by atoms with Gasteiger partial charge in [-0.05, 0) is 30.5 Å². The van der Waals surface area contributed by atoms with Gasteiger partial charge in [0.1, 0.15) is 6.54 Å². The number of pyridine rings is 1. The standard InChI is InChI=1S/C22H22N4O3S/c27-20-3-1-2-9-26(20)15-21(28)25-10-5-22(6-11-25)16-13-19(17-14-23-7-8-24-17)30-18(16)4-12-29-22/h1-3,7-9,13-14H,4-6,10-12,15H2. The first-order chi connectivity index (χ1) is 14.6. The molecule has 8 heteroatoms. The van der Waals surface area contributed by atoms with Crippen LogP contribution in [0.15, 0.2) is 53.8 Å². The molecule has 3 aromatic rings. The number of aromatic nitrogens is 3. The van der Waals surface area contributed by atoms with Crippen LogP contribution in [0, 0.1) is 0 Å². The van der Waals surface area contributed by atoms with Gasteiger partial charge in [0.05, 0.1) is 29.0 Å². The summed E-state index contributed by atoms with van der Waals surface area (Å²) >= 11 is 1.77. The molecular weight excluding hydrogens is 400 g/mol. The first kappa shape index (κ1) is 19.1. The van der Waals surface area contributed by atoms with E-state index in [1.54, 1.807) is 48.3 Å². The van der Waals surface area contributed by atoms with Crippen molar-refractivity contribution in [1.82, 2.24) is 19.4 Å². The highest BCUT2D eigenvalue weighted by atomic mass is 32.1. The van der Waals surface area contributed by atoms with Crippen LogP contribution in [-0.4, -0.2) is 45.0 Å². The SMILES string of the molecule is O=C(Cn1ccccc1=O)N1CCC2(CC1)OCCc1sc(-c3cnccn3)cc12. The zero-order valence-corrected chi connectivity index (χ0v) is 17.3. The Hall–Kier alpha value is -2.84. The van der Waals surface area contributed by atoms with E-state index in [4.69, 9.17) is 4.74 Å². The van der Waals surface area contributed by atoms with E-state index in [2.05, 4.69) is 16.0 Å². The van der Waals surface area contributed by atoms with Crippen LogP contribution < -0.4 is 5.56 Å². The van der Waals surface area contributed by atoms with Crippen molar-refractivity contribution < 1.29 is 9.53 Å².